The molecule has 0 heterocycles. The van der Waals surface area contributed by atoms with Crippen LogP contribution >= 0.6 is 18.2 Å². The molecule has 0 spiro atoms. The summed E-state index contributed by atoms with van der Waals surface area (Å²) < 4.78 is 10.9. The van der Waals surface area contributed by atoms with Crippen molar-refractivity contribution in [1.82, 2.24) is 0 Å². The first-order valence-corrected chi connectivity index (χ1v) is 10.9. The van der Waals surface area contributed by atoms with Crippen LogP contribution in [-0.2, 0) is 4.57 Å². The Morgan fingerprint density at radius 3 is 2.48 bits per heavy atom. The number of aliphatic imine (C=N–C) groups is 1. The summed E-state index contributed by atoms with van der Waals surface area (Å²) in [7, 11) is 0. The maximum Gasteiger partial charge on any atom is 0.384 e. The van der Waals surface area contributed by atoms with E-state index in [4.69, 9.17) is 15.5 Å². The molecule has 4 bridgehead atoms. The van der Waals surface area contributed by atoms with Gasteiger partial charge >= 0.3 is 6.80 Å². The summed E-state index contributed by atoms with van der Waals surface area (Å²) in [6.07, 6.45) is 7.92. The van der Waals surface area contributed by atoms with Crippen molar-refractivity contribution in [3.8, 4) is 0 Å². The molecule has 0 amide bonds. The van der Waals surface area contributed by atoms with Crippen molar-refractivity contribution >= 4 is 24.0 Å². The first kappa shape index (κ1) is 15.9. The molecule has 21 heavy (non-hydrogen) atoms. The Kier molecular flexibility index (Phi) is 3.97. The van der Waals surface area contributed by atoms with Gasteiger partial charge in [0.1, 0.15) is 5.84 Å². The molecule has 0 saturated heterocycles. The summed E-state index contributed by atoms with van der Waals surface area (Å²) in [5, 5.41) is 0. The predicted octanol–water partition coefficient (Wildman–Crippen LogP) is 2.78. The van der Waals surface area contributed by atoms with Crippen molar-refractivity contribution in [2.24, 2.45) is 33.4 Å². The van der Waals surface area contributed by atoms with Gasteiger partial charge in [0.2, 0.25) is 0 Å². The van der Waals surface area contributed by atoms with Crippen molar-refractivity contribution in [3.63, 3.8) is 0 Å². The number of nitrogens with two attached hydrogens (primary N) is 1. The molecule has 7 heteroatoms. The van der Waals surface area contributed by atoms with E-state index in [-0.39, 0.29) is 5.75 Å². The normalized spacial score (nSPS) is 42.5. The maximum atomic E-state index is 10.9. The average molecular weight is 332 g/mol. The molecular formula is C14H25N2O3PS. The molecule has 0 aliphatic heterocycles. The number of rotatable bonds is 5. The highest BCUT2D eigenvalue weighted by atomic mass is 32.7. The quantitative estimate of drug-likeness (QED) is 0.409. The molecule has 4 aliphatic rings. The van der Waals surface area contributed by atoms with Crippen molar-refractivity contribution in [1.29, 1.82) is 0 Å². The third kappa shape index (κ3) is 3.66. The van der Waals surface area contributed by atoms with E-state index < -0.39 is 6.80 Å². The maximum absolute atomic E-state index is 10.9. The van der Waals surface area contributed by atoms with Gasteiger partial charge in [-0.15, -0.1) is 0 Å². The number of hydrogen-bond donors (Lipinski definition) is 3. The molecule has 5 nitrogen and oxygen atoms in total. The van der Waals surface area contributed by atoms with E-state index in [0.29, 0.717) is 28.0 Å². The van der Waals surface area contributed by atoms with E-state index in [2.05, 4.69) is 11.9 Å². The molecule has 4 saturated carbocycles. The topological polar surface area (TPSA) is 95.9 Å². The summed E-state index contributed by atoms with van der Waals surface area (Å²) in [6, 6.07) is 0. The number of hydrogen-bond acceptors (Lipinski definition) is 3. The van der Waals surface area contributed by atoms with E-state index in [1.165, 1.54) is 38.5 Å². The first-order valence-electron chi connectivity index (χ1n) is 7.66. The van der Waals surface area contributed by atoms with Gasteiger partial charge in [0.05, 0.1) is 5.75 Å². The van der Waals surface area contributed by atoms with Crippen molar-refractivity contribution < 1.29 is 14.4 Å². The number of amidine groups is 1. The van der Waals surface area contributed by atoms with Crippen LogP contribution in [0.5, 0.6) is 0 Å². The molecule has 2 unspecified atom stereocenters. The molecule has 4 fully saturated rings. The summed E-state index contributed by atoms with van der Waals surface area (Å²) >= 11 is 0.569. The highest BCUT2D eigenvalue weighted by Gasteiger charge is 2.55. The van der Waals surface area contributed by atoms with Gasteiger partial charge in [-0.1, -0.05) is 6.92 Å². The molecule has 4 rings (SSSR count). The Morgan fingerprint density at radius 2 is 1.95 bits per heavy atom. The van der Waals surface area contributed by atoms with Crippen molar-refractivity contribution in [3.05, 3.63) is 0 Å². The highest BCUT2D eigenvalue weighted by molar-refractivity contribution is 8.54. The SMILES string of the molecule is CC12CC3CC(C1)CC(CN=C(N)CSP(=O)(O)O)(C3)C2. The van der Waals surface area contributed by atoms with E-state index in [1.807, 2.05) is 0 Å². The first-order chi connectivity index (χ1) is 9.67. The standard InChI is InChI=1S/C14H25N2O3PS/c1-13-3-10-2-11(4-13)6-14(5-10,8-13)9-16-12(15)7-21-20(17,18)19/h10-11H,2-9H2,1H3,(H2,15,16)(H2,17,18,19). The molecule has 0 aromatic heterocycles. The zero-order chi connectivity index (χ0) is 15.3. The zero-order valence-corrected chi connectivity index (χ0v) is 14.2. The molecule has 4 aliphatic carbocycles. The van der Waals surface area contributed by atoms with Crippen molar-refractivity contribution in [2.75, 3.05) is 12.3 Å². The zero-order valence-electron chi connectivity index (χ0n) is 12.5. The smallest absolute Gasteiger partial charge is 0.384 e. The summed E-state index contributed by atoms with van der Waals surface area (Å²) in [5.74, 6) is 2.20. The average Bonchev–Trinajstić information content (AvgIpc) is 2.30. The Morgan fingerprint density at radius 1 is 1.33 bits per heavy atom. The van der Waals surface area contributed by atoms with Gasteiger partial charge in [-0.3, -0.25) is 4.99 Å². The lowest BCUT2D eigenvalue weighted by atomic mass is 9.45. The second-order valence-corrected chi connectivity index (χ2v) is 11.6. The molecule has 0 aromatic carbocycles. The largest absolute Gasteiger partial charge is 0.387 e. The van der Waals surface area contributed by atoms with Crippen LogP contribution in [0, 0.1) is 22.7 Å². The van der Waals surface area contributed by atoms with E-state index in [1.54, 1.807) is 0 Å². The van der Waals surface area contributed by atoms with Gasteiger partial charge in [0, 0.05) is 6.54 Å². The lowest BCUT2D eigenvalue weighted by molar-refractivity contribution is -0.0962. The Labute approximate surface area is 130 Å². The van der Waals surface area contributed by atoms with Crippen LogP contribution in [-0.4, -0.2) is 27.9 Å². The van der Waals surface area contributed by atoms with Crippen LogP contribution in [0.25, 0.3) is 0 Å². The third-order valence-electron chi connectivity index (χ3n) is 5.47. The summed E-state index contributed by atoms with van der Waals surface area (Å²) in [6.45, 7) is -0.890. The van der Waals surface area contributed by atoms with Crippen LogP contribution in [0.1, 0.15) is 45.4 Å². The minimum absolute atomic E-state index is 0.116. The molecule has 4 N–H and O–H groups in total. The molecule has 0 aromatic rings. The van der Waals surface area contributed by atoms with Crippen molar-refractivity contribution in [2.45, 2.75) is 45.4 Å². The molecule has 2 atom stereocenters. The number of nitrogens with zero attached hydrogens (tertiary/aromatic N) is 1. The molecular weight excluding hydrogens is 307 g/mol. The van der Waals surface area contributed by atoms with Gasteiger partial charge in [-0.2, -0.15) is 0 Å². The second kappa shape index (κ2) is 5.26. The third-order valence-corrected chi connectivity index (χ3v) is 7.63. The van der Waals surface area contributed by atoms with Crippen LogP contribution in [0.3, 0.4) is 0 Å². The van der Waals surface area contributed by atoms with Gasteiger partial charge in [0.25, 0.3) is 0 Å². The van der Waals surface area contributed by atoms with Gasteiger partial charge in [-0.25, -0.2) is 4.57 Å². The summed E-state index contributed by atoms with van der Waals surface area (Å²) in [4.78, 5) is 22.2. The van der Waals surface area contributed by atoms with E-state index in [0.717, 1.165) is 18.4 Å². The van der Waals surface area contributed by atoms with Gasteiger partial charge < -0.3 is 15.5 Å². The fraction of sp³-hybridized carbons (Fsp3) is 0.929. The lowest BCUT2D eigenvalue weighted by Crippen LogP contribution is -2.52. The summed E-state index contributed by atoms with van der Waals surface area (Å²) in [5.41, 5.74) is 6.63. The van der Waals surface area contributed by atoms with Crippen LogP contribution in [0.2, 0.25) is 0 Å². The molecule has 120 valence electrons. The minimum Gasteiger partial charge on any atom is -0.387 e. The van der Waals surface area contributed by atoms with Gasteiger partial charge in [-0.05, 0) is 72.6 Å². The minimum atomic E-state index is -4.06. The lowest BCUT2D eigenvalue weighted by Gasteiger charge is -2.61. The Hall–Kier alpha value is -0.0300. The Balaban J connectivity index is 1.63. The fourth-order valence-corrected chi connectivity index (χ4v) is 6.87. The molecule has 0 radical (unpaired) electrons. The van der Waals surface area contributed by atoms with E-state index in [9.17, 15) is 4.57 Å². The highest BCUT2D eigenvalue weighted by Crippen LogP contribution is 2.65. The van der Waals surface area contributed by atoms with Crippen LogP contribution in [0.15, 0.2) is 4.99 Å². The Bertz CT molecular complexity index is 490. The second-order valence-electron chi connectivity index (χ2n) is 7.84. The van der Waals surface area contributed by atoms with E-state index >= 15 is 0 Å². The predicted molar refractivity (Wildman–Crippen MR) is 86.2 cm³/mol. The van der Waals surface area contributed by atoms with Gasteiger partial charge in [0.15, 0.2) is 0 Å². The fourth-order valence-electron chi connectivity index (χ4n) is 5.58. The monoisotopic (exact) mass is 332 g/mol. The van der Waals surface area contributed by atoms with Crippen LogP contribution in [0.4, 0.5) is 0 Å². The van der Waals surface area contributed by atoms with Crippen LogP contribution < -0.4 is 5.73 Å².